The van der Waals surface area contributed by atoms with E-state index in [-0.39, 0.29) is 12.5 Å². The lowest BCUT2D eigenvalue weighted by atomic mass is 9.94. The number of hydrogen-bond donors (Lipinski definition) is 1. The third kappa shape index (κ3) is 7.17. The molecular formula is C34H35N5O5. The van der Waals surface area contributed by atoms with E-state index in [9.17, 15) is 4.79 Å². The van der Waals surface area contributed by atoms with Crippen LogP contribution in [0.15, 0.2) is 110 Å². The molecule has 1 N–H and O–H groups in total. The van der Waals surface area contributed by atoms with Crippen molar-refractivity contribution in [2.45, 2.75) is 57.3 Å². The molecule has 0 unspecified atom stereocenters. The number of hydrogen-bond acceptors (Lipinski definition) is 8. The fourth-order valence-electron chi connectivity index (χ4n) is 5.45. The molecule has 0 saturated carbocycles. The zero-order valence-corrected chi connectivity index (χ0v) is 24.4. The summed E-state index contributed by atoms with van der Waals surface area (Å²) in [5.41, 5.74) is 4.24. The van der Waals surface area contributed by atoms with E-state index in [0.717, 1.165) is 16.7 Å². The molecule has 10 nitrogen and oxygen atoms in total. The number of rotatable bonds is 12. The van der Waals surface area contributed by atoms with Crippen molar-refractivity contribution >= 4 is 17.1 Å². The Hall–Kier alpha value is -4.48. The highest BCUT2D eigenvalue weighted by molar-refractivity contribution is 5.73. The highest BCUT2D eigenvalue weighted by atomic mass is 16.6. The standard InChI is InChI=1S/C34H35N5O5/c1-24(40)38-30-32(43-20-27-15-9-4-10-16-27)31(42-19-26-13-7-3-8-14-26)29(21-41-18-25-11-5-2-6-12-25)44-34(30)39-23-37-28-17-35-22-36-33(28)39/h2-17,22-23,29-32,34H,18-21H2,1H3,(H,38,40)/t29-,30-,31+,32-,34-/m1/s1. The highest BCUT2D eigenvalue weighted by Gasteiger charge is 2.49. The van der Waals surface area contributed by atoms with Crippen LogP contribution in [0.4, 0.5) is 0 Å². The van der Waals surface area contributed by atoms with Gasteiger partial charge in [-0.3, -0.25) is 9.36 Å². The van der Waals surface area contributed by atoms with E-state index in [1.165, 1.54) is 13.3 Å². The van der Waals surface area contributed by atoms with Crippen molar-refractivity contribution in [3.63, 3.8) is 0 Å². The van der Waals surface area contributed by atoms with Gasteiger partial charge in [-0.05, 0) is 16.7 Å². The molecule has 1 fully saturated rings. The molecular weight excluding hydrogens is 558 g/mol. The summed E-state index contributed by atoms with van der Waals surface area (Å²) in [7, 11) is 0. The fourth-order valence-corrected chi connectivity index (χ4v) is 5.45. The van der Waals surface area contributed by atoms with Crippen LogP contribution in [0.2, 0.25) is 0 Å². The van der Waals surface area contributed by atoms with Crippen molar-refractivity contribution in [2.75, 3.05) is 6.61 Å². The van der Waals surface area contributed by atoms with Crippen molar-refractivity contribution in [3.05, 3.63) is 127 Å². The minimum Gasteiger partial charge on any atom is -0.374 e. The molecule has 6 rings (SSSR count). The molecule has 3 aromatic carbocycles. The number of fused-ring (bicyclic) bond motifs is 1. The third-order valence-corrected chi connectivity index (χ3v) is 7.51. The summed E-state index contributed by atoms with van der Waals surface area (Å²) in [5, 5.41) is 3.10. The van der Waals surface area contributed by atoms with Gasteiger partial charge in [0.05, 0.1) is 39.0 Å². The van der Waals surface area contributed by atoms with Gasteiger partial charge in [0.25, 0.3) is 0 Å². The molecule has 5 aromatic rings. The maximum absolute atomic E-state index is 12.7. The quantitative estimate of drug-likeness (QED) is 0.223. The summed E-state index contributed by atoms with van der Waals surface area (Å²) in [6.45, 7) is 2.75. The number of imidazole rings is 1. The Labute approximate surface area is 256 Å². The van der Waals surface area contributed by atoms with Gasteiger partial charge in [0.1, 0.15) is 36.2 Å². The van der Waals surface area contributed by atoms with Gasteiger partial charge in [0.15, 0.2) is 11.9 Å². The van der Waals surface area contributed by atoms with Crippen molar-refractivity contribution in [2.24, 2.45) is 0 Å². The topological polar surface area (TPSA) is 110 Å². The molecule has 226 valence electrons. The van der Waals surface area contributed by atoms with Crippen molar-refractivity contribution < 1.29 is 23.7 Å². The number of ether oxygens (including phenoxy) is 4. The summed E-state index contributed by atoms with van der Waals surface area (Å²) in [5.74, 6) is -0.225. The number of nitrogens with zero attached hydrogens (tertiary/aromatic N) is 4. The molecule has 0 radical (unpaired) electrons. The molecule has 10 heteroatoms. The second-order valence-corrected chi connectivity index (χ2v) is 10.7. The van der Waals surface area contributed by atoms with E-state index >= 15 is 0 Å². The second kappa shape index (κ2) is 14.3. The van der Waals surface area contributed by atoms with E-state index in [1.807, 2.05) is 95.6 Å². The molecule has 2 aromatic heterocycles. The zero-order valence-electron chi connectivity index (χ0n) is 24.4. The van der Waals surface area contributed by atoms with Crippen LogP contribution < -0.4 is 5.32 Å². The van der Waals surface area contributed by atoms with Crippen LogP contribution in [0.25, 0.3) is 11.2 Å². The van der Waals surface area contributed by atoms with E-state index in [4.69, 9.17) is 18.9 Å². The van der Waals surface area contributed by atoms with E-state index in [1.54, 1.807) is 12.5 Å². The first-order valence-electron chi connectivity index (χ1n) is 14.6. The smallest absolute Gasteiger partial charge is 0.217 e. The van der Waals surface area contributed by atoms with E-state index in [0.29, 0.717) is 31.0 Å². The lowest BCUT2D eigenvalue weighted by Crippen LogP contribution is -2.63. The number of carbonyl (C=O) groups is 1. The molecule has 1 aliphatic heterocycles. The Morgan fingerprint density at radius 1 is 0.818 bits per heavy atom. The second-order valence-electron chi connectivity index (χ2n) is 10.7. The largest absolute Gasteiger partial charge is 0.374 e. The molecule has 0 bridgehead atoms. The van der Waals surface area contributed by atoms with Gasteiger partial charge in [-0.2, -0.15) is 0 Å². The van der Waals surface area contributed by atoms with Gasteiger partial charge in [-0.25, -0.2) is 15.0 Å². The summed E-state index contributed by atoms with van der Waals surface area (Å²) < 4.78 is 28.1. The van der Waals surface area contributed by atoms with Gasteiger partial charge < -0.3 is 24.3 Å². The first kappa shape index (κ1) is 29.6. The molecule has 1 amide bonds. The van der Waals surface area contributed by atoms with Gasteiger partial charge in [0.2, 0.25) is 5.91 Å². The van der Waals surface area contributed by atoms with Crippen molar-refractivity contribution in [1.29, 1.82) is 0 Å². The number of amides is 1. The Morgan fingerprint density at radius 2 is 1.41 bits per heavy atom. The van der Waals surface area contributed by atoms with Gasteiger partial charge in [-0.15, -0.1) is 0 Å². The molecule has 5 atom stereocenters. The summed E-state index contributed by atoms with van der Waals surface area (Å²) >= 11 is 0. The number of benzene rings is 3. The summed E-state index contributed by atoms with van der Waals surface area (Å²) in [6.07, 6.45) is 2.27. The van der Waals surface area contributed by atoms with Crippen LogP contribution >= 0.6 is 0 Å². The van der Waals surface area contributed by atoms with Gasteiger partial charge in [-0.1, -0.05) is 91.0 Å². The van der Waals surface area contributed by atoms with Crippen LogP contribution in [0.1, 0.15) is 29.8 Å². The Kier molecular flexibility index (Phi) is 9.63. The number of nitrogens with one attached hydrogen (secondary N) is 1. The molecule has 44 heavy (non-hydrogen) atoms. The summed E-state index contributed by atoms with van der Waals surface area (Å²) in [6, 6.07) is 29.2. The maximum Gasteiger partial charge on any atom is 0.217 e. The Morgan fingerprint density at radius 3 is 2.02 bits per heavy atom. The van der Waals surface area contributed by atoms with Crippen LogP contribution in [0.5, 0.6) is 0 Å². The Balaban J connectivity index is 1.36. The van der Waals surface area contributed by atoms with E-state index in [2.05, 4.69) is 20.3 Å². The molecule has 3 heterocycles. The molecule has 0 aliphatic carbocycles. The lowest BCUT2D eigenvalue weighted by molar-refractivity contribution is -0.248. The average Bonchev–Trinajstić information content (AvgIpc) is 3.49. The average molecular weight is 594 g/mol. The van der Waals surface area contributed by atoms with Crippen LogP contribution in [-0.2, 0) is 43.6 Å². The SMILES string of the molecule is CC(=O)N[C@@H]1[C@@H](OCc2ccccc2)[C@@H](OCc2ccccc2)[C@@H](COCc2ccccc2)O[C@H]1n1cnc2cncnc21. The minimum atomic E-state index is -0.721. The molecule has 1 saturated heterocycles. The Bertz CT molecular complexity index is 1620. The van der Waals surface area contributed by atoms with Crippen LogP contribution in [0.3, 0.4) is 0 Å². The zero-order chi connectivity index (χ0) is 30.1. The van der Waals surface area contributed by atoms with Gasteiger partial charge >= 0.3 is 0 Å². The van der Waals surface area contributed by atoms with Gasteiger partial charge in [0, 0.05) is 6.92 Å². The normalized spacial score (nSPS) is 21.7. The highest BCUT2D eigenvalue weighted by Crippen LogP contribution is 2.35. The summed E-state index contributed by atoms with van der Waals surface area (Å²) in [4.78, 5) is 25.7. The fraction of sp³-hybridized carbons (Fsp3) is 0.294. The van der Waals surface area contributed by atoms with Crippen molar-refractivity contribution in [3.8, 4) is 0 Å². The maximum atomic E-state index is 12.7. The third-order valence-electron chi connectivity index (χ3n) is 7.51. The molecule has 1 aliphatic rings. The number of aromatic nitrogens is 4. The van der Waals surface area contributed by atoms with Crippen LogP contribution in [-0.4, -0.2) is 56.4 Å². The monoisotopic (exact) mass is 593 g/mol. The predicted octanol–water partition coefficient (Wildman–Crippen LogP) is 4.62. The van der Waals surface area contributed by atoms with Crippen molar-refractivity contribution in [1.82, 2.24) is 24.8 Å². The van der Waals surface area contributed by atoms with Crippen LogP contribution in [0, 0.1) is 0 Å². The van der Waals surface area contributed by atoms with E-state index < -0.39 is 30.6 Å². The first-order valence-corrected chi connectivity index (χ1v) is 14.6. The first-order chi connectivity index (χ1) is 21.7. The molecule has 0 spiro atoms. The lowest BCUT2D eigenvalue weighted by Gasteiger charge is -2.46. The predicted molar refractivity (Wildman–Crippen MR) is 163 cm³/mol. The minimum absolute atomic E-state index is 0.225. The number of carbonyl (C=O) groups excluding carboxylic acids is 1.